The van der Waals surface area contributed by atoms with Gasteiger partial charge in [0.25, 0.3) is 5.88 Å². The third kappa shape index (κ3) is 4.29. The lowest BCUT2D eigenvalue weighted by atomic mass is 9.96. The molecule has 0 N–H and O–H groups in total. The molecule has 3 aromatic rings. The van der Waals surface area contributed by atoms with Crippen LogP contribution < -0.4 is 14.5 Å². The Morgan fingerprint density at radius 3 is 2.36 bits per heavy atom. The molecule has 2 aliphatic heterocycles. The van der Waals surface area contributed by atoms with Gasteiger partial charge in [-0.25, -0.2) is 14.4 Å². The Balaban J connectivity index is 1.27. The fourth-order valence-electron chi connectivity index (χ4n) is 4.82. The number of rotatable bonds is 4. The van der Waals surface area contributed by atoms with E-state index in [2.05, 4.69) is 9.88 Å². The van der Waals surface area contributed by atoms with Gasteiger partial charge in [0.15, 0.2) is 5.82 Å². The van der Waals surface area contributed by atoms with Gasteiger partial charge in [-0.3, -0.25) is 4.79 Å². The van der Waals surface area contributed by atoms with Crippen LogP contribution in [0, 0.1) is 11.7 Å². The van der Waals surface area contributed by atoms with E-state index in [1.54, 1.807) is 19.2 Å². The molecule has 2 aromatic carbocycles. The number of fused-ring (bicyclic) bond motifs is 1. The molecule has 7 nitrogen and oxygen atoms in total. The maximum Gasteiger partial charge on any atom is 0.257 e. The first-order valence-electron chi connectivity index (χ1n) is 11.5. The van der Waals surface area contributed by atoms with Gasteiger partial charge in [-0.2, -0.15) is 0 Å². The summed E-state index contributed by atoms with van der Waals surface area (Å²) >= 11 is 0. The molecule has 0 unspecified atom stereocenters. The smallest absolute Gasteiger partial charge is 0.257 e. The third-order valence-corrected chi connectivity index (χ3v) is 6.57. The van der Waals surface area contributed by atoms with Crippen LogP contribution in [0.5, 0.6) is 5.88 Å². The number of piperidine rings is 1. The molecule has 0 radical (unpaired) electrons. The minimum atomic E-state index is -0.217. The number of halogens is 1. The van der Waals surface area contributed by atoms with Crippen molar-refractivity contribution in [2.24, 2.45) is 5.92 Å². The van der Waals surface area contributed by atoms with Crippen LogP contribution in [0.25, 0.3) is 11.0 Å². The van der Waals surface area contributed by atoms with Crippen LogP contribution in [0.3, 0.4) is 0 Å². The number of benzene rings is 2. The Morgan fingerprint density at radius 1 is 0.939 bits per heavy atom. The van der Waals surface area contributed by atoms with Crippen LogP contribution in [-0.2, 0) is 4.79 Å². The molecule has 0 bridgehead atoms. The van der Waals surface area contributed by atoms with Crippen LogP contribution in [0.15, 0.2) is 48.5 Å². The van der Waals surface area contributed by atoms with Crippen LogP contribution in [0.2, 0.25) is 0 Å². The topological polar surface area (TPSA) is 61.8 Å². The van der Waals surface area contributed by atoms with E-state index < -0.39 is 0 Å². The summed E-state index contributed by atoms with van der Waals surface area (Å²) in [6.07, 6.45) is 1.76. The monoisotopic (exact) mass is 449 g/mol. The lowest BCUT2D eigenvalue weighted by Crippen LogP contribution is -2.53. The number of hydrogen-bond acceptors (Lipinski definition) is 6. The Hall–Kier alpha value is -3.42. The summed E-state index contributed by atoms with van der Waals surface area (Å²) in [5.74, 6) is 1.03. The Bertz CT molecular complexity index is 1150. The van der Waals surface area contributed by atoms with Gasteiger partial charge in [-0.05, 0) is 37.1 Å². The van der Waals surface area contributed by atoms with Crippen molar-refractivity contribution < 1.29 is 13.9 Å². The molecular weight excluding hydrogens is 421 g/mol. The fourth-order valence-corrected chi connectivity index (χ4v) is 4.82. The summed E-state index contributed by atoms with van der Waals surface area (Å²) in [6, 6.07) is 14.5. The summed E-state index contributed by atoms with van der Waals surface area (Å²) in [5.41, 5.74) is 2.21. The summed E-state index contributed by atoms with van der Waals surface area (Å²) in [7, 11) is 1.60. The number of carbonyl (C=O) groups excluding carboxylic acids is 1. The molecule has 5 rings (SSSR count). The van der Waals surface area contributed by atoms with E-state index in [1.165, 1.54) is 6.07 Å². The van der Waals surface area contributed by atoms with Gasteiger partial charge >= 0.3 is 0 Å². The van der Waals surface area contributed by atoms with E-state index in [0.29, 0.717) is 50.1 Å². The summed E-state index contributed by atoms with van der Waals surface area (Å²) in [5, 5.41) is 0. The van der Waals surface area contributed by atoms with E-state index >= 15 is 0 Å². The Labute approximate surface area is 192 Å². The summed E-state index contributed by atoms with van der Waals surface area (Å²) < 4.78 is 19.7. The van der Waals surface area contributed by atoms with Crippen molar-refractivity contribution in [2.75, 3.05) is 56.2 Å². The molecule has 1 aromatic heterocycles. The number of hydrogen-bond donors (Lipinski definition) is 0. The lowest BCUT2D eigenvalue weighted by molar-refractivity contribution is -0.136. The molecule has 2 saturated heterocycles. The maximum atomic E-state index is 14.1. The first-order valence-corrected chi connectivity index (χ1v) is 11.5. The average molecular weight is 450 g/mol. The largest absolute Gasteiger partial charge is 0.478 e. The van der Waals surface area contributed by atoms with Crippen LogP contribution >= 0.6 is 0 Å². The standard InChI is InChI=1S/C25H28FN5O2/c1-33-24-23(27-20-9-3-4-10-21(20)28-24)31-12-6-7-18(17-31)25(32)30-15-13-29(14-16-30)22-11-5-2-8-19(22)26/h2-5,8-11,18H,6-7,12-17H2,1H3/t18-/m1/s1. The predicted octanol–water partition coefficient (Wildman–Crippen LogP) is 3.34. The van der Waals surface area contributed by atoms with E-state index in [1.807, 2.05) is 40.1 Å². The number of methoxy groups -OCH3 is 1. The second kappa shape index (κ2) is 9.21. The first-order chi connectivity index (χ1) is 16.1. The zero-order valence-corrected chi connectivity index (χ0v) is 18.8. The van der Waals surface area contributed by atoms with Crippen molar-refractivity contribution in [3.05, 3.63) is 54.3 Å². The van der Waals surface area contributed by atoms with Gasteiger partial charge in [0.1, 0.15) is 5.82 Å². The molecule has 0 aliphatic carbocycles. The predicted molar refractivity (Wildman–Crippen MR) is 126 cm³/mol. The lowest BCUT2D eigenvalue weighted by Gasteiger charge is -2.40. The molecule has 2 fully saturated rings. The summed E-state index contributed by atoms with van der Waals surface area (Å²) in [6.45, 7) is 3.87. The van der Waals surface area contributed by atoms with Crippen molar-refractivity contribution in [1.29, 1.82) is 0 Å². The van der Waals surface area contributed by atoms with Crippen LogP contribution in [0.1, 0.15) is 12.8 Å². The van der Waals surface area contributed by atoms with Crippen molar-refractivity contribution in [3.63, 3.8) is 0 Å². The van der Waals surface area contributed by atoms with E-state index in [-0.39, 0.29) is 17.6 Å². The van der Waals surface area contributed by atoms with Crippen molar-refractivity contribution in [1.82, 2.24) is 14.9 Å². The van der Waals surface area contributed by atoms with Gasteiger partial charge in [-0.15, -0.1) is 0 Å². The van der Waals surface area contributed by atoms with Gasteiger partial charge in [0.2, 0.25) is 5.91 Å². The Kier molecular flexibility index (Phi) is 5.98. The SMILES string of the molecule is COc1nc2ccccc2nc1N1CCC[C@@H](C(=O)N2CCN(c3ccccc3F)CC2)C1. The maximum absolute atomic E-state index is 14.1. The normalized spacial score (nSPS) is 19.1. The van der Waals surface area contributed by atoms with Crippen LogP contribution in [-0.4, -0.2) is 67.2 Å². The quantitative estimate of drug-likeness (QED) is 0.609. The second-order valence-electron chi connectivity index (χ2n) is 8.59. The summed E-state index contributed by atoms with van der Waals surface area (Å²) in [4.78, 5) is 28.8. The fraction of sp³-hybridized carbons (Fsp3) is 0.400. The number of aromatic nitrogens is 2. The molecule has 172 valence electrons. The zero-order chi connectivity index (χ0) is 22.8. The second-order valence-corrected chi connectivity index (χ2v) is 8.59. The molecule has 1 amide bonds. The number of piperazine rings is 1. The number of para-hydroxylation sites is 3. The Morgan fingerprint density at radius 2 is 1.64 bits per heavy atom. The molecule has 3 heterocycles. The van der Waals surface area contributed by atoms with Gasteiger partial charge in [-0.1, -0.05) is 24.3 Å². The highest BCUT2D eigenvalue weighted by molar-refractivity contribution is 5.81. The minimum absolute atomic E-state index is 0.100. The molecule has 0 saturated carbocycles. The number of amides is 1. The molecule has 2 aliphatic rings. The number of ether oxygens (including phenoxy) is 1. The van der Waals surface area contributed by atoms with Gasteiger partial charge < -0.3 is 19.4 Å². The number of anilines is 2. The molecule has 8 heteroatoms. The van der Waals surface area contributed by atoms with Gasteiger partial charge in [0, 0.05) is 39.3 Å². The van der Waals surface area contributed by atoms with Gasteiger partial charge in [0.05, 0.1) is 29.7 Å². The minimum Gasteiger partial charge on any atom is -0.478 e. The molecule has 33 heavy (non-hydrogen) atoms. The molecule has 0 spiro atoms. The average Bonchev–Trinajstić information content (AvgIpc) is 2.88. The third-order valence-electron chi connectivity index (χ3n) is 6.57. The highest BCUT2D eigenvalue weighted by Crippen LogP contribution is 2.31. The van der Waals surface area contributed by atoms with Crippen molar-refractivity contribution in [2.45, 2.75) is 12.8 Å². The highest BCUT2D eigenvalue weighted by atomic mass is 19.1. The zero-order valence-electron chi connectivity index (χ0n) is 18.8. The van der Waals surface area contributed by atoms with Crippen molar-refractivity contribution in [3.8, 4) is 5.88 Å². The van der Waals surface area contributed by atoms with Crippen LogP contribution in [0.4, 0.5) is 15.9 Å². The highest BCUT2D eigenvalue weighted by Gasteiger charge is 2.33. The van der Waals surface area contributed by atoms with Crippen molar-refractivity contribution >= 4 is 28.4 Å². The van der Waals surface area contributed by atoms with E-state index in [9.17, 15) is 9.18 Å². The molecule has 1 atom stereocenters. The number of carbonyl (C=O) groups is 1. The molecular formula is C25H28FN5O2. The number of nitrogens with zero attached hydrogens (tertiary/aromatic N) is 5. The van der Waals surface area contributed by atoms with E-state index in [4.69, 9.17) is 9.72 Å². The van der Waals surface area contributed by atoms with E-state index in [0.717, 1.165) is 30.4 Å². The first kappa shape index (κ1) is 21.4.